The van der Waals surface area contributed by atoms with Gasteiger partial charge in [-0.2, -0.15) is 0 Å². The van der Waals surface area contributed by atoms with Gasteiger partial charge in [0.15, 0.2) is 9.84 Å². The van der Waals surface area contributed by atoms with Crippen LogP contribution in [0.25, 0.3) is 0 Å². The van der Waals surface area contributed by atoms with E-state index in [4.69, 9.17) is 5.73 Å². The van der Waals surface area contributed by atoms with E-state index in [9.17, 15) is 17.2 Å². The van der Waals surface area contributed by atoms with E-state index in [0.717, 1.165) is 0 Å². The summed E-state index contributed by atoms with van der Waals surface area (Å²) in [6.45, 7) is 0.179. The normalized spacial score (nSPS) is 12.0. The van der Waals surface area contributed by atoms with Crippen molar-refractivity contribution in [3.05, 3.63) is 29.8 Å². The number of hydrogen-bond acceptors (Lipinski definition) is 3. The molecule has 0 amide bonds. The van der Waals surface area contributed by atoms with Gasteiger partial charge >= 0.3 is 0 Å². The van der Waals surface area contributed by atoms with E-state index >= 15 is 0 Å². The summed E-state index contributed by atoms with van der Waals surface area (Å²) in [6.07, 6.45) is -2.86. The van der Waals surface area contributed by atoms with E-state index in [1.165, 1.54) is 18.2 Å². The SMILES string of the molecule is NCc1cccc(S(=O)(=O)CC(F)F)c1. The molecular formula is C9H11F2NO2S. The Kier molecular flexibility index (Phi) is 3.76. The van der Waals surface area contributed by atoms with Crippen LogP contribution in [0.4, 0.5) is 8.78 Å². The van der Waals surface area contributed by atoms with E-state index in [-0.39, 0.29) is 11.4 Å². The fourth-order valence-corrected chi connectivity index (χ4v) is 2.27. The lowest BCUT2D eigenvalue weighted by atomic mass is 10.2. The van der Waals surface area contributed by atoms with Gasteiger partial charge in [-0.3, -0.25) is 0 Å². The Morgan fingerprint density at radius 2 is 2.00 bits per heavy atom. The average molecular weight is 235 g/mol. The largest absolute Gasteiger partial charge is 0.326 e. The van der Waals surface area contributed by atoms with Crippen LogP contribution in [0.2, 0.25) is 0 Å². The van der Waals surface area contributed by atoms with Gasteiger partial charge in [0, 0.05) is 6.54 Å². The van der Waals surface area contributed by atoms with Crippen molar-refractivity contribution in [2.24, 2.45) is 5.73 Å². The molecule has 0 saturated heterocycles. The molecule has 0 aliphatic carbocycles. The van der Waals surface area contributed by atoms with Gasteiger partial charge in [-0.1, -0.05) is 12.1 Å². The summed E-state index contributed by atoms with van der Waals surface area (Å²) >= 11 is 0. The lowest BCUT2D eigenvalue weighted by Gasteiger charge is -2.05. The highest BCUT2D eigenvalue weighted by atomic mass is 32.2. The topological polar surface area (TPSA) is 60.2 Å². The molecule has 0 atom stereocenters. The lowest BCUT2D eigenvalue weighted by Crippen LogP contribution is -2.14. The first-order valence-corrected chi connectivity index (χ1v) is 5.91. The van der Waals surface area contributed by atoms with Crippen molar-refractivity contribution in [1.29, 1.82) is 0 Å². The predicted molar refractivity (Wildman–Crippen MR) is 52.4 cm³/mol. The number of benzene rings is 1. The number of alkyl halides is 2. The van der Waals surface area contributed by atoms with Crippen LogP contribution >= 0.6 is 0 Å². The van der Waals surface area contributed by atoms with E-state index in [2.05, 4.69) is 0 Å². The second-order valence-corrected chi connectivity index (χ2v) is 5.06. The molecule has 84 valence electrons. The molecule has 0 fully saturated rings. The zero-order valence-corrected chi connectivity index (χ0v) is 8.68. The maximum Gasteiger partial charge on any atom is 0.252 e. The minimum atomic E-state index is -3.90. The summed E-state index contributed by atoms with van der Waals surface area (Å²) in [5.41, 5.74) is 5.92. The number of nitrogens with two attached hydrogens (primary N) is 1. The first-order chi connectivity index (χ1) is 6.95. The molecule has 1 aromatic carbocycles. The fraction of sp³-hybridized carbons (Fsp3) is 0.333. The van der Waals surface area contributed by atoms with Crippen LogP contribution in [-0.4, -0.2) is 20.6 Å². The second kappa shape index (κ2) is 4.67. The van der Waals surface area contributed by atoms with Gasteiger partial charge in [0.25, 0.3) is 6.43 Å². The molecule has 0 heterocycles. The minimum absolute atomic E-state index is 0.106. The Morgan fingerprint density at radius 1 is 1.33 bits per heavy atom. The average Bonchev–Trinajstić information content (AvgIpc) is 2.16. The van der Waals surface area contributed by atoms with E-state index in [1.807, 2.05) is 0 Å². The smallest absolute Gasteiger partial charge is 0.252 e. The number of rotatable bonds is 4. The molecule has 0 unspecified atom stereocenters. The maximum atomic E-state index is 12.0. The maximum absolute atomic E-state index is 12.0. The summed E-state index contributed by atoms with van der Waals surface area (Å²) in [5.74, 6) is -1.15. The van der Waals surface area contributed by atoms with Gasteiger partial charge in [-0.05, 0) is 17.7 Å². The molecule has 2 N–H and O–H groups in total. The highest BCUT2D eigenvalue weighted by molar-refractivity contribution is 7.91. The number of sulfone groups is 1. The van der Waals surface area contributed by atoms with Crippen molar-refractivity contribution in [2.75, 3.05) is 5.75 Å². The standard InChI is InChI=1S/C9H11F2NO2S/c10-9(11)6-15(13,14)8-3-1-2-7(4-8)5-12/h1-4,9H,5-6,12H2. The summed E-state index contributed by atoms with van der Waals surface area (Å²) in [5, 5.41) is 0. The monoisotopic (exact) mass is 235 g/mol. The molecule has 15 heavy (non-hydrogen) atoms. The van der Waals surface area contributed by atoms with E-state index in [0.29, 0.717) is 5.56 Å². The van der Waals surface area contributed by atoms with Gasteiger partial charge in [0.1, 0.15) is 5.75 Å². The van der Waals surface area contributed by atoms with Gasteiger partial charge in [0.05, 0.1) is 4.90 Å². The zero-order valence-electron chi connectivity index (χ0n) is 7.86. The molecule has 0 saturated carbocycles. The highest BCUT2D eigenvalue weighted by Gasteiger charge is 2.20. The van der Waals surface area contributed by atoms with Gasteiger partial charge in [0.2, 0.25) is 0 Å². The van der Waals surface area contributed by atoms with Gasteiger partial charge in [-0.15, -0.1) is 0 Å². The highest BCUT2D eigenvalue weighted by Crippen LogP contribution is 2.15. The van der Waals surface area contributed by atoms with E-state index in [1.54, 1.807) is 6.07 Å². The molecule has 1 aromatic rings. The Labute approximate surface area is 86.8 Å². The Morgan fingerprint density at radius 3 is 2.53 bits per heavy atom. The molecular weight excluding hydrogens is 224 g/mol. The van der Waals surface area contributed by atoms with Crippen LogP contribution in [0, 0.1) is 0 Å². The summed E-state index contributed by atoms with van der Waals surface area (Å²) in [7, 11) is -3.90. The molecule has 0 spiro atoms. The van der Waals surface area contributed by atoms with Crippen LogP contribution in [0.3, 0.4) is 0 Å². The molecule has 0 radical (unpaired) electrons. The number of halogens is 2. The second-order valence-electron chi connectivity index (χ2n) is 3.02. The summed E-state index contributed by atoms with van der Waals surface area (Å²) in [4.78, 5) is -0.106. The Hall–Kier alpha value is -1.01. The van der Waals surface area contributed by atoms with Crippen LogP contribution in [0.15, 0.2) is 29.2 Å². The van der Waals surface area contributed by atoms with Crippen molar-refractivity contribution >= 4 is 9.84 Å². The van der Waals surface area contributed by atoms with Crippen molar-refractivity contribution in [3.8, 4) is 0 Å². The molecule has 0 aliphatic rings. The molecule has 3 nitrogen and oxygen atoms in total. The summed E-state index contributed by atoms with van der Waals surface area (Å²) < 4.78 is 46.8. The van der Waals surface area contributed by atoms with Crippen molar-refractivity contribution in [1.82, 2.24) is 0 Å². The molecule has 0 aliphatic heterocycles. The first-order valence-electron chi connectivity index (χ1n) is 4.25. The molecule has 6 heteroatoms. The van der Waals surface area contributed by atoms with Crippen LogP contribution in [-0.2, 0) is 16.4 Å². The predicted octanol–water partition coefficient (Wildman–Crippen LogP) is 1.18. The van der Waals surface area contributed by atoms with Crippen LogP contribution in [0.1, 0.15) is 5.56 Å². The Bertz CT molecular complexity index is 431. The van der Waals surface area contributed by atoms with Gasteiger partial charge < -0.3 is 5.73 Å². The third-order valence-corrected chi connectivity index (χ3v) is 3.50. The molecule has 1 rings (SSSR count). The Balaban J connectivity index is 3.04. The van der Waals surface area contributed by atoms with Crippen molar-refractivity contribution < 1.29 is 17.2 Å². The minimum Gasteiger partial charge on any atom is -0.326 e. The molecule has 0 bridgehead atoms. The summed E-state index contributed by atoms with van der Waals surface area (Å²) in [6, 6.07) is 5.73. The third kappa shape index (κ3) is 3.24. The molecule has 0 aromatic heterocycles. The fourth-order valence-electron chi connectivity index (χ4n) is 1.13. The van der Waals surface area contributed by atoms with E-state index < -0.39 is 22.0 Å². The van der Waals surface area contributed by atoms with Crippen molar-refractivity contribution in [2.45, 2.75) is 17.9 Å². The quantitative estimate of drug-likeness (QED) is 0.852. The number of hydrogen-bond donors (Lipinski definition) is 1. The van der Waals surface area contributed by atoms with Crippen molar-refractivity contribution in [3.63, 3.8) is 0 Å². The van der Waals surface area contributed by atoms with Crippen LogP contribution in [0.5, 0.6) is 0 Å². The van der Waals surface area contributed by atoms with Gasteiger partial charge in [-0.25, -0.2) is 17.2 Å². The van der Waals surface area contributed by atoms with Crippen LogP contribution < -0.4 is 5.73 Å². The third-order valence-electron chi connectivity index (χ3n) is 1.84. The zero-order chi connectivity index (χ0) is 11.5. The first kappa shape index (κ1) is 12.1. The lowest BCUT2D eigenvalue weighted by molar-refractivity contribution is 0.174.